The number of carbonyl (C=O) groups is 4. The Morgan fingerprint density at radius 3 is 2.70 bits per heavy atom. The number of benzene rings is 1. The summed E-state index contributed by atoms with van der Waals surface area (Å²) in [6, 6.07) is 6.03. The lowest BCUT2D eigenvalue weighted by Gasteiger charge is -2.37. The number of carbonyl (C=O) groups excluding carboxylic acids is 4. The van der Waals surface area contributed by atoms with Crippen LogP contribution in [0.5, 0.6) is 0 Å². The number of barbiturate groups is 1. The second-order valence-electron chi connectivity index (χ2n) is 6.79. The third kappa shape index (κ3) is 4.30. The summed E-state index contributed by atoms with van der Waals surface area (Å²) in [5.41, 5.74) is 0.894. The fourth-order valence-electron chi connectivity index (χ4n) is 3.69. The molecule has 1 aromatic rings. The van der Waals surface area contributed by atoms with Gasteiger partial charge in [-0.2, -0.15) is 0 Å². The molecule has 0 aromatic heterocycles. The Kier molecular flexibility index (Phi) is 5.79. The van der Waals surface area contributed by atoms with Crippen LogP contribution in [-0.2, 0) is 25.5 Å². The van der Waals surface area contributed by atoms with Gasteiger partial charge in [-0.05, 0) is 43.4 Å². The summed E-state index contributed by atoms with van der Waals surface area (Å²) in [7, 11) is 0. The number of hydrogen-bond acceptors (Lipinski definition) is 5. The number of nitrogens with zero attached hydrogens (tertiary/aromatic N) is 2. The van der Waals surface area contributed by atoms with Gasteiger partial charge in [0.05, 0.1) is 6.04 Å². The summed E-state index contributed by atoms with van der Waals surface area (Å²) in [6.07, 6.45) is 1.47. The van der Waals surface area contributed by atoms with Gasteiger partial charge in [0, 0.05) is 18.5 Å². The van der Waals surface area contributed by atoms with Crippen molar-refractivity contribution in [2.45, 2.75) is 51.2 Å². The number of rotatable bonds is 5. The molecular weight excluding hydrogens is 372 g/mol. The molecule has 1 aromatic carbocycles. The molecule has 8 heteroatoms. The number of esters is 1. The third-order valence-corrected chi connectivity index (χ3v) is 5.12. The molecule has 1 aliphatic heterocycles. The lowest BCUT2D eigenvalue weighted by molar-refractivity contribution is -0.154. The molecule has 1 saturated carbocycles. The van der Waals surface area contributed by atoms with Crippen LogP contribution in [0.3, 0.4) is 0 Å². The molecule has 0 bridgehead atoms. The van der Waals surface area contributed by atoms with E-state index in [1.807, 2.05) is 6.07 Å². The van der Waals surface area contributed by atoms with Crippen LogP contribution in [-0.4, -0.2) is 52.3 Å². The van der Waals surface area contributed by atoms with E-state index in [0.29, 0.717) is 24.3 Å². The monoisotopic (exact) mass is 392 g/mol. The lowest BCUT2D eigenvalue weighted by Crippen LogP contribution is -2.60. The minimum absolute atomic E-state index is 0.159. The van der Waals surface area contributed by atoms with Gasteiger partial charge in [0.2, 0.25) is 11.8 Å². The minimum Gasteiger partial charge on any atom is -0.460 e. The van der Waals surface area contributed by atoms with Crippen molar-refractivity contribution >= 4 is 35.4 Å². The molecule has 2 fully saturated rings. The fraction of sp³-hybridized carbons (Fsp3) is 0.474. The van der Waals surface area contributed by atoms with Crippen LogP contribution in [0.25, 0.3) is 0 Å². The first-order valence-corrected chi connectivity index (χ1v) is 9.32. The number of halogens is 1. The van der Waals surface area contributed by atoms with Crippen molar-refractivity contribution < 1.29 is 23.9 Å². The van der Waals surface area contributed by atoms with Crippen LogP contribution >= 0.6 is 11.6 Å². The van der Waals surface area contributed by atoms with Crippen molar-refractivity contribution in [3.63, 3.8) is 0 Å². The molecule has 1 saturated heterocycles. The van der Waals surface area contributed by atoms with Crippen molar-refractivity contribution in [2.75, 3.05) is 6.54 Å². The zero-order valence-corrected chi connectivity index (χ0v) is 15.8. The highest BCUT2D eigenvalue weighted by molar-refractivity contribution is 6.30. The quantitative estimate of drug-likeness (QED) is 0.568. The second kappa shape index (κ2) is 8.08. The van der Waals surface area contributed by atoms with Gasteiger partial charge in [-0.1, -0.05) is 23.7 Å². The summed E-state index contributed by atoms with van der Waals surface area (Å²) < 4.78 is 5.28. The highest BCUT2D eigenvalue weighted by atomic mass is 35.5. The van der Waals surface area contributed by atoms with Gasteiger partial charge in [-0.3, -0.25) is 24.2 Å². The van der Waals surface area contributed by atoms with Gasteiger partial charge in [-0.15, -0.1) is 0 Å². The SMILES string of the molecule is CC(=O)O[C@H]1CCC[C@@H]1N1C(=O)CC(=O)N(CCc2cccc(Cl)c2)C1=O. The Hall–Kier alpha value is -2.41. The van der Waals surface area contributed by atoms with Crippen molar-refractivity contribution in [3.05, 3.63) is 34.9 Å². The molecule has 4 amide bonds. The van der Waals surface area contributed by atoms with Crippen LogP contribution in [0.4, 0.5) is 4.79 Å². The van der Waals surface area contributed by atoms with E-state index in [1.165, 1.54) is 6.92 Å². The molecule has 1 aliphatic carbocycles. The lowest BCUT2D eigenvalue weighted by atomic mass is 10.1. The van der Waals surface area contributed by atoms with Crippen molar-refractivity contribution in [3.8, 4) is 0 Å². The van der Waals surface area contributed by atoms with E-state index in [1.54, 1.807) is 18.2 Å². The van der Waals surface area contributed by atoms with Crippen molar-refractivity contribution in [2.24, 2.45) is 0 Å². The first-order chi connectivity index (χ1) is 12.9. The first-order valence-electron chi connectivity index (χ1n) is 8.95. The van der Waals surface area contributed by atoms with Gasteiger partial charge >= 0.3 is 12.0 Å². The molecule has 0 radical (unpaired) electrons. The molecule has 7 nitrogen and oxygen atoms in total. The van der Waals surface area contributed by atoms with Gasteiger partial charge < -0.3 is 4.74 Å². The third-order valence-electron chi connectivity index (χ3n) is 4.89. The molecule has 27 heavy (non-hydrogen) atoms. The first kappa shape index (κ1) is 19.4. The smallest absolute Gasteiger partial charge is 0.333 e. The molecule has 144 valence electrons. The number of amides is 4. The van der Waals surface area contributed by atoms with Crippen LogP contribution in [0.2, 0.25) is 5.02 Å². The highest BCUT2D eigenvalue weighted by Crippen LogP contribution is 2.30. The summed E-state index contributed by atoms with van der Waals surface area (Å²) in [4.78, 5) is 51.1. The standard InChI is InChI=1S/C19H21ClN2O5/c1-12(23)27-16-7-3-6-15(16)22-18(25)11-17(24)21(19(22)26)9-8-13-4-2-5-14(20)10-13/h2,4-5,10,15-16H,3,6-9,11H2,1H3/t15-,16-/m0/s1. The molecule has 0 unspecified atom stereocenters. The zero-order chi connectivity index (χ0) is 19.6. The van der Waals surface area contributed by atoms with E-state index in [4.69, 9.17) is 16.3 Å². The average Bonchev–Trinajstić information content (AvgIpc) is 3.01. The summed E-state index contributed by atoms with van der Waals surface area (Å²) in [6.45, 7) is 1.46. The Labute approximate surface area is 162 Å². The Morgan fingerprint density at radius 1 is 1.22 bits per heavy atom. The van der Waals surface area contributed by atoms with Crippen LogP contribution in [0.1, 0.15) is 38.2 Å². The number of urea groups is 1. The maximum absolute atomic E-state index is 12.9. The summed E-state index contributed by atoms with van der Waals surface area (Å²) >= 11 is 5.97. The van der Waals surface area contributed by atoms with Crippen molar-refractivity contribution in [1.82, 2.24) is 9.80 Å². The van der Waals surface area contributed by atoms with E-state index in [-0.39, 0.29) is 13.0 Å². The molecule has 3 rings (SSSR count). The van der Waals surface area contributed by atoms with Crippen LogP contribution in [0.15, 0.2) is 24.3 Å². The average molecular weight is 393 g/mol. The molecule has 0 N–H and O–H groups in total. The fourth-order valence-corrected chi connectivity index (χ4v) is 3.90. The van der Waals surface area contributed by atoms with Gasteiger partial charge in [0.15, 0.2) is 0 Å². The molecular formula is C19H21ClN2O5. The van der Waals surface area contributed by atoms with E-state index < -0.39 is 36.0 Å². The van der Waals surface area contributed by atoms with E-state index in [9.17, 15) is 19.2 Å². The normalized spacial score (nSPS) is 23.1. The van der Waals surface area contributed by atoms with Crippen LogP contribution in [0, 0.1) is 0 Å². The van der Waals surface area contributed by atoms with Crippen LogP contribution < -0.4 is 0 Å². The molecule has 2 atom stereocenters. The number of imide groups is 2. The Bertz CT molecular complexity index is 781. The maximum Gasteiger partial charge on any atom is 0.333 e. The van der Waals surface area contributed by atoms with Gasteiger partial charge in [0.1, 0.15) is 12.5 Å². The summed E-state index contributed by atoms with van der Waals surface area (Å²) in [5, 5.41) is 0.579. The van der Waals surface area contributed by atoms with Crippen molar-refractivity contribution in [1.29, 1.82) is 0 Å². The topological polar surface area (TPSA) is 84.0 Å². The zero-order valence-electron chi connectivity index (χ0n) is 15.0. The summed E-state index contributed by atoms with van der Waals surface area (Å²) in [5.74, 6) is -1.49. The van der Waals surface area contributed by atoms with E-state index >= 15 is 0 Å². The molecule has 1 heterocycles. The number of ether oxygens (including phenoxy) is 1. The maximum atomic E-state index is 12.9. The van der Waals surface area contributed by atoms with Gasteiger partial charge in [0.25, 0.3) is 0 Å². The van der Waals surface area contributed by atoms with E-state index in [2.05, 4.69) is 0 Å². The Morgan fingerprint density at radius 2 is 2.00 bits per heavy atom. The second-order valence-corrected chi connectivity index (χ2v) is 7.23. The Balaban J connectivity index is 1.74. The predicted molar refractivity (Wildman–Crippen MR) is 96.9 cm³/mol. The molecule has 2 aliphatic rings. The van der Waals surface area contributed by atoms with E-state index in [0.717, 1.165) is 21.8 Å². The molecule has 0 spiro atoms. The predicted octanol–water partition coefficient (Wildman–Crippen LogP) is 2.55. The minimum atomic E-state index is -0.637. The highest BCUT2D eigenvalue weighted by Gasteiger charge is 2.46. The van der Waals surface area contributed by atoms with Gasteiger partial charge in [-0.25, -0.2) is 4.79 Å². The largest absolute Gasteiger partial charge is 0.460 e. The number of hydrogen-bond donors (Lipinski definition) is 0.